The van der Waals surface area contributed by atoms with Crippen LogP contribution in [0.25, 0.3) is 0 Å². The van der Waals surface area contributed by atoms with E-state index in [0.717, 1.165) is 38.3 Å². The lowest BCUT2D eigenvalue weighted by atomic mass is 9.98. The topological polar surface area (TPSA) is 47.4 Å². The highest BCUT2D eigenvalue weighted by atomic mass is 16.5. The predicted octanol–water partition coefficient (Wildman–Crippen LogP) is 2.38. The van der Waals surface area contributed by atoms with Gasteiger partial charge in [-0.3, -0.25) is 4.79 Å². The fraction of sp³-hybridized carbons (Fsp3) is 0.444. The van der Waals surface area contributed by atoms with E-state index in [1.807, 2.05) is 12.1 Å². The summed E-state index contributed by atoms with van der Waals surface area (Å²) in [7, 11) is 1.76. The molecule has 0 amide bonds. The van der Waals surface area contributed by atoms with Gasteiger partial charge in [0.1, 0.15) is 5.75 Å². The fourth-order valence-corrected chi connectivity index (χ4v) is 2.93. The molecule has 3 rings (SSSR count). The van der Waals surface area contributed by atoms with Crippen LogP contribution in [0.5, 0.6) is 5.75 Å². The molecule has 23 heavy (non-hydrogen) atoms. The lowest BCUT2D eigenvalue weighted by molar-refractivity contribution is 0.222. The Morgan fingerprint density at radius 3 is 2.83 bits per heavy atom. The molecule has 0 spiro atoms. The van der Waals surface area contributed by atoms with Gasteiger partial charge in [0, 0.05) is 32.5 Å². The largest absolute Gasteiger partial charge is 0.493 e. The minimum Gasteiger partial charge on any atom is -0.493 e. The van der Waals surface area contributed by atoms with Crippen molar-refractivity contribution in [1.29, 1.82) is 0 Å². The van der Waals surface area contributed by atoms with Gasteiger partial charge < -0.3 is 14.2 Å². The maximum absolute atomic E-state index is 12.1. The van der Waals surface area contributed by atoms with E-state index in [1.165, 1.54) is 5.56 Å². The molecule has 0 saturated carbocycles. The number of ether oxygens (including phenoxy) is 1. The second-order valence-electron chi connectivity index (χ2n) is 6.22. The molecule has 122 valence electrons. The maximum Gasteiger partial charge on any atom is 0.293 e. The number of hydrogen-bond acceptors (Lipinski definition) is 4. The van der Waals surface area contributed by atoms with Gasteiger partial charge in [0.25, 0.3) is 5.56 Å². The van der Waals surface area contributed by atoms with E-state index in [-0.39, 0.29) is 5.56 Å². The van der Waals surface area contributed by atoms with Crippen molar-refractivity contribution in [3.8, 4) is 5.75 Å². The smallest absolute Gasteiger partial charge is 0.293 e. The first-order valence-electron chi connectivity index (χ1n) is 8.09. The minimum atomic E-state index is -0.0260. The van der Waals surface area contributed by atoms with Gasteiger partial charge in [0.2, 0.25) is 0 Å². The van der Waals surface area contributed by atoms with Gasteiger partial charge in [0.15, 0.2) is 5.82 Å². The van der Waals surface area contributed by atoms with Crippen molar-refractivity contribution in [1.82, 2.24) is 9.55 Å². The lowest BCUT2D eigenvalue weighted by Crippen LogP contribution is -2.39. The van der Waals surface area contributed by atoms with Crippen LogP contribution in [0.2, 0.25) is 0 Å². The van der Waals surface area contributed by atoms with Crippen molar-refractivity contribution in [2.75, 3.05) is 24.6 Å². The number of piperidine rings is 1. The van der Waals surface area contributed by atoms with Gasteiger partial charge in [-0.1, -0.05) is 12.1 Å². The van der Waals surface area contributed by atoms with Crippen LogP contribution in [-0.2, 0) is 7.05 Å². The van der Waals surface area contributed by atoms with Crippen molar-refractivity contribution in [3.63, 3.8) is 0 Å². The normalized spacial score (nSPS) is 15.7. The van der Waals surface area contributed by atoms with Crippen LogP contribution < -0.4 is 15.2 Å². The molecule has 0 radical (unpaired) electrons. The minimum absolute atomic E-state index is 0.0260. The van der Waals surface area contributed by atoms with Crippen molar-refractivity contribution in [2.24, 2.45) is 13.0 Å². The molecular formula is C18H23N3O2. The molecule has 1 aliphatic heterocycles. The summed E-state index contributed by atoms with van der Waals surface area (Å²) in [5, 5.41) is 0. The summed E-state index contributed by atoms with van der Waals surface area (Å²) in [6.07, 6.45) is 5.41. The van der Waals surface area contributed by atoms with Gasteiger partial charge in [0.05, 0.1) is 6.61 Å². The molecule has 2 heterocycles. The highest BCUT2D eigenvalue weighted by molar-refractivity contribution is 5.36. The second kappa shape index (κ2) is 6.86. The molecule has 0 atom stereocenters. The molecule has 1 aromatic heterocycles. The van der Waals surface area contributed by atoms with Crippen molar-refractivity contribution >= 4 is 5.82 Å². The molecule has 1 saturated heterocycles. The molecule has 2 aromatic rings. The average Bonchev–Trinajstić information content (AvgIpc) is 2.56. The molecule has 5 nitrogen and oxygen atoms in total. The molecule has 1 fully saturated rings. The van der Waals surface area contributed by atoms with Gasteiger partial charge in [-0.25, -0.2) is 4.98 Å². The van der Waals surface area contributed by atoms with E-state index >= 15 is 0 Å². The van der Waals surface area contributed by atoms with Crippen LogP contribution in [0, 0.1) is 12.8 Å². The lowest BCUT2D eigenvalue weighted by Gasteiger charge is -2.32. The molecule has 0 unspecified atom stereocenters. The van der Waals surface area contributed by atoms with Crippen LogP contribution in [0.3, 0.4) is 0 Å². The number of aromatic nitrogens is 2. The number of nitrogens with zero attached hydrogens (tertiary/aromatic N) is 3. The Morgan fingerprint density at radius 2 is 2.09 bits per heavy atom. The quantitative estimate of drug-likeness (QED) is 0.869. The highest BCUT2D eigenvalue weighted by Crippen LogP contribution is 2.21. The van der Waals surface area contributed by atoms with Gasteiger partial charge in [-0.15, -0.1) is 0 Å². The number of benzene rings is 1. The summed E-state index contributed by atoms with van der Waals surface area (Å²) >= 11 is 0. The van der Waals surface area contributed by atoms with Gasteiger partial charge in [-0.2, -0.15) is 0 Å². The third kappa shape index (κ3) is 3.73. The van der Waals surface area contributed by atoms with Gasteiger partial charge >= 0.3 is 0 Å². The first-order chi connectivity index (χ1) is 11.1. The summed E-state index contributed by atoms with van der Waals surface area (Å²) in [6.45, 7) is 4.51. The fourth-order valence-electron chi connectivity index (χ4n) is 2.93. The third-order valence-corrected chi connectivity index (χ3v) is 4.39. The number of aryl methyl sites for hydroxylation is 2. The zero-order chi connectivity index (χ0) is 16.2. The number of anilines is 1. The van der Waals surface area contributed by atoms with E-state index in [1.54, 1.807) is 24.0 Å². The molecule has 1 aliphatic rings. The van der Waals surface area contributed by atoms with Gasteiger partial charge in [-0.05, 0) is 43.4 Å². The Hall–Kier alpha value is -2.30. The zero-order valence-corrected chi connectivity index (χ0v) is 13.7. The zero-order valence-electron chi connectivity index (χ0n) is 13.7. The number of hydrogen-bond donors (Lipinski definition) is 0. The summed E-state index contributed by atoms with van der Waals surface area (Å²) in [6, 6.07) is 8.15. The Labute approximate surface area is 136 Å². The van der Waals surface area contributed by atoms with E-state index in [2.05, 4.69) is 28.9 Å². The van der Waals surface area contributed by atoms with E-state index < -0.39 is 0 Å². The summed E-state index contributed by atoms with van der Waals surface area (Å²) < 4.78 is 7.49. The van der Waals surface area contributed by atoms with E-state index in [9.17, 15) is 4.79 Å². The summed E-state index contributed by atoms with van der Waals surface area (Å²) in [5.74, 6) is 2.03. The molecule has 0 bridgehead atoms. The Kier molecular flexibility index (Phi) is 4.65. The van der Waals surface area contributed by atoms with Crippen LogP contribution in [0.4, 0.5) is 5.82 Å². The maximum atomic E-state index is 12.1. The first kappa shape index (κ1) is 15.6. The van der Waals surface area contributed by atoms with Crippen LogP contribution in [0.15, 0.2) is 41.5 Å². The van der Waals surface area contributed by atoms with Crippen LogP contribution in [0.1, 0.15) is 18.4 Å². The molecule has 0 aliphatic carbocycles. The van der Waals surface area contributed by atoms with E-state index in [4.69, 9.17) is 4.74 Å². The van der Waals surface area contributed by atoms with Crippen LogP contribution in [-0.4, -0.2) is 29.2 Å². The second-order valence-corrected chi connectivity index (χ2v) is 6.22. The van der Waals surface area contributed by atoms with Crippen molar-refractivity contribution in [2.45, 2.75) is 19.8 Å². The molecule has 1 aromatic carbocycles. The first-order valence-corrected chi connectivity index (χ1v) is 8.09. The Morgan fingerprint density at radius 1 is 1.30 bits per heavy atom. The van der Waals surface area contributed by atoms with Crippen molar-refractivity contribution in [3.05, 3.63) is 52.6 Å². The Bertz CT molecular complexity index is 718. The summed E-state index contributed by atoms with van der Waals surface area (Å²) in [5.41, 5.74) is 1.19. The predicted molar refractivity (Wildman–Crippen MR) is 91.1 cm³/mol. The number of rotatable bonds is 4. The average molecular weight is 313 g/mol. The molecular weight excluding hydrogens is 290 g/mol. The Balaban J connectivity index is 1.54. The molecule has 5 heteroatoms. The molecule has 0 N–H and O–H groups in total. The SMILES string of the molecule is Cc1cccc(OCC2CCN(c3nccn(C)c3=O)CC2)c1. The summed E-state index contributed by atoms with van der Waals surface area (Å²) in [4.78, 5) is 18.5. The van der Waals surface area contributed by atoms with E-state index in [0.29, 0.717) is 11.7 Å². The standard InChI is InChI=1S/C18H23N3O2/c1-14-4-3-5-16(12-14)23-13-15-6-9-21(10-7-15)17-18(22)20(2)11-8-19-17/h3-5,8,11-12,15H,6-7,9-10,13H2,1-2H3. The monoisotopic (exact) mass is 313 g/mol. The van der Waals surface area contributed by atoms with Crippen molar-refractivity contribution < 1.29 is 4.74 Å². The van der Waals surface area contributed by atoms with Crippen LogP contribution >= 0.6 is 0 Å². The highest BCUT2D eigenvalue weighted by Gasteiger charge is 2.22. The third-order valence-electron chi connectivity index (χ3n) is 4.39.